The second-order valence-electron chi connectivity index (χ2n) is 5.37. The van der Waals surface area contributed by atoms with Gasteiger partial charge in [0.2, 0.25) is 5.91 Å². The summed E-state index contributed by atoms with van der Waals surface area (Å²) in [4.78, 5) is 12.1. The quantitative estimate of drug-likeness (QED) is 0.762. The zero-order valence-electron chi connectivity index (χ0n) is 13.6. The Morgan fingerprint density at radius 1 is 1.17 bits per heavy atom. The first-order chi connectivity index (χ1) is 11.1. The maximum atomic E-state index is 12.1. The van der Waals surface area contributed by atoms with E-state index in [2.05, 4.69) is 23.3 Å². The molecule has 0 saturated heterocycles. The van der Waals surface area contributed by atoms with Gasteiger partial charge in [-0.05, 0) is 49.2 Å². The summed E-state index contributed by atoms with van der Waals surface area (Å²) in [6, 6.07) is 13.5. The third-order valence-corrected chi connectivity index (χ3v) is 3.19. The van der Waals surface area contributed by atoms with Crippen molar-refractivity contribution in [3.63, 3.8) is 0 Å². The summed E-state index contributed by atoms with van der Waals surface area (Å²) in [5.41, 5.74) is 3.92. The molecule has 4 heteroatoms. The highest BCUT2D eigenvalue weighted by atomic mass is 16.5. The van der Waals surface area contributed by atoms with E-state index in [-0.39, 0.29) is 12.5 Å². The van der Waals surface area contributed by atoms with Gasteiger partial charge in [-0.3, -0.25) is 4.79 Å². The van der Waals surface area contributed by atoms with E-state index in [1.165, 1.54) is 0 Å². The topological polar surface area (TPSA) is 50.4 Å². The highest BCUT2D eigenvalue weighted by Crippen LogP contribution is 2.23. The molecule has 0 bridgehead atoms. The Hall–Kier alpha value is -2.75. The Bertz CT molecular complexity index is 675. The van der Waals surface area contributed by atoms with Crippen molar-refractivity contribution in [2.45, 2.75) is 13.8 Å². The Kier molecular flexibility index (Phi) is 5.80. The zero-order valence-corrected chi connectivity index (χ0v) is 13.6. The lowest BCUT2D eigenvalue weighted by Gasteiger charge is -2.12. The van der Waals surface area contributed by atoms with Crippen molar-refractivity contribution >= 4 is 17.3 Å². The molecule has 2 aromatic carbocycles. The van der Waals surface area contributed by atoms with Crippen LogP contribution in [0.15, 0.2) is 55.1 Å². The van der Waals surface area contributed by atoms with E-state index in [1.807, 2.05) is 50.2 Å². The molecule has 0 spiro atoms. The fourth-order valence-corrected chi connectivity index (χ4v) is 2.30. The molecule has 0 radical (unpaired) electrons. The lowest BCUT2D eigenvalue weighted by Crippen LogP contribution is -2.22. The number of hydrogen-bond acceptors (Lipinski definition) is 3. The highest BCUT2D eigenvalue weighted by molar-refractivity contribution is 5.95. The summed E-state index contributed by atoms with van der Waals surface area (Å²) in [6.45, 7) is 8.28. The van der Waals surface area contributed by atoms with Crippen molar-refractivity contribution in [1.82, 2.24) is 0 Å². The molecule has 0 saturated carbocycles. The first-order valence-electron chi connectivity index (χ1n) is 7.53. The summed E-state index contributed by atoms with van der Waals surface area (Å²) in [7, 11) is 0. The van der Waals surface area contributed by atoms with Gasteiger partial charge >= 0.3 is 0 Å². The van der Waals surface area contributed by atoms with Crippen LogP contribution in [0, 0.1) is 13.8 Å². The van der Waals surface area contributed by atoms with Crippen LogP contribution in [0.3, 0.4) is 0 Å². The molecule has 0 fully saturated rings. The van der Waals surface area contributed by atoms with Gasteiger partial charge < -0.3 is 15.4 Å². The fourth-order valence-electron chi connectivity index (χ4n) is 2.30. The second-order valence-corrected chi connectivity index (χ2v) is 5.37. The van der Waals surface area contributed by atoms with Crippen molar-refractivity contribution in [2.75, 3.05) is 23.8 Å². The van der Waals surface area contributed by atoms with E-state index in [1.54, 1.807) is 6.08 Å². The second kappa shape index (κ2) is 8.03. The molecular formula is C19H22N2O2. The Morgan fingerprint density at radius 2 is 1.87 bits per heavy atom. The van der Waals surface area contributed by atoms with Gasteiger partial charge in [0.1, 0.15) is 12.4 Å². The van der Waals surface area contributed by atoms with Crippen LogP contribution in [0.4, 0.5) is 11.4 Å². The minimum Gasteiger partial charge on any atom is -0.487 e. The molecule has 2 aromatic rings. The third kappa shape index (κ3) is 5.18. The normalized spacial score (nSPS) is 10.0. The third-order valence-electron chi connectivity index (χ3n) is 3.19. The number of nitrogens with one attached hydrogen (secondary N) is 2. The zero-order chi connectivity index (χ0) is 16.7. The van der Waals surface area contributed by atoms with Crippen LogP contribution in [0.25, 0.3) is 0 Å². The molecule has 0 atom stereocenters. The van der Waals surface area contributed by atoms with Crippen LogP contribution in [-0.4, -0.2) is 19.1 Å². The molecule has 1 amide bonds. The van der Waals surface area contributed by atoms with Crippen LogP contribution in [0.2, 0.25) is 0 Å². The van der Waals surface area contributed by atoms with Crippen molar-refractivity contribution in [1.29, 1.82) is 0 Å². The smallest absolute Gasteiger partial charge is 0.243 e. The molecule has 0 aromatic heterocycles. The number of amides is 1. The molecule has 0 aliphatic carbocycles. The number of para-hydroxylation sites is 2. The van der Waals surface area contributed by atoms with Gasteiger partial charge in [-0.25, -0.2) is 0 Å². The van der Waals surface area contributed by atoms with Crippen molar-refractivity contribution in [3.05, 3.63) is 66.2 Å². The molecular weight excluding hydrogens is 288 g/mol. The van der Waals surface area contributed by atoms with E-state index < -0.39 is 0 Å². The summed E-state index contributed by atoms with van der Waals surface area (Å²) in [6.07, 6.45) is 1.67. The monoisotopic (exact) mass is 310 g/mol. The van der Waals surface area contributed by atoms with Gasteiger partial charge in [0.05, 0.1) is 12.2 Å². The first kappa shape index (κ1) is 16.6. The molecule has 4 nitrogen and oxygen atoms in total. The number of rotatable bonds is 7. The van der Waals surface area contributed by atoms with Crippen LogP contribution in [-0.2, 0) is 4.79 Å². The molecule has 2 rings (SSSR count). The van der Waals surface area contributed by atoms with Crippen molar-refractivity contribution < 1.29 is 9.53 Å². The Balaban J connectivity index is 1.95. The highest BCUT2D eigenvalue weighted by Gasteiger charge is 2.07. The van der Waals surface area contributed by atoms with Crippen molar-refractivity contribution in [2.24, 2.45) is 0 Å². The minimum absolute atomic E-state index is 0.126. The number of benzene rings is 2. The molecule has 0 heterocycles. The molecule has 0 unspecified atom stereocenters. The van der Waals surface area contributed by atoms with Gasteiger partial charge in [-0.2, -0.15) is 0 Å². The van der Waals surface area contributed by atoms with E-state index in [4.69, 9.17) is 4.74 Å². The van der Waals surface area contributed by atoms with E-state index in [0.717, 1.165) is 16.8 Å². The Labute approximate surface area is 137 Å². The maximum Gasteiger partial charge on any atom is 0.243 e. The number of anilines is 2. The van der Waals surface area contributed by atoms with E-state index in [9.17, 15) is 4.79 Å². The lowest BCUT2D eigenvalue weighted by molar-refractivity contribution is -0.114. The summed E-state index contributed by atoms with van der Waals surface area (Å²) < 4.78 is 5.53. The van der Waals surface area contributed by atoms with Crippen LogP contribution >= 0.6 is 0 Å². The Morgan fingerprint density at radius 3 is 2.57 bits per heavy atom. The predicted molar refractivity (Wildman–Crippen MR) is 95.2 cm³/mol. The van der Waals surface area contributed by atoms with Crippen LogP contribution < -0.4 is 15.4 Å². The molecule has 0 aliphatic heterocycles. The average molecular weight is 310 g/mol. The number of carbonyl (C=O) groups excluding carboxylic acids is 1. The van der Waals surface area contributed by atoms with Gasteiger partial charge in [0.15, 0.2) is 0 Å². The van der Waals surface area contributed by atoms with E-state index in [0.29, 0.717) is 18.0 Å². The number of ether oxygens (including phenoxy) is 1. The van der Waals surface area contributed by atoms with Gasteiger partial charge in [0.25, 0.3) is 0 Å². The molecule has 120 valence electrons. The summed E-state index contributed by atoms with van der Waals surface area (Å²) >= 11 is 0. The minimum atomic E-state index is -0.126. The number of carbonyl (C=O) groups is 1. The first-order valence-corrected chi connectivity index (χ1v) is 7.53. The molecule has 2 N–H and O–H groups in total. The SMILES string of the molecule is C=CCOc1ccccc1NC(=O)CNc1cc(C)cc(C)c1. The summed E-state index contributed by atoms with van der Waals surface area (Å²) in [5.74, 6) is 0.506. The van der Waals surface area contributed by atoms with E-state index >= 15 is 0 Å². The summed E-state index contributed by atoms with van der Waals surface area (Å²) in [5, 5.41) is 6.00. The lowest BCUT2D eigenvalue weighted by atomic mass is 10.1. The fraction of sp³-hybridized carbons (Fsp3) is 0.211. The standard InChI is InChI=1S/C19H22N2O2/c1-4-9-23-18-8-6-5-7-17(18)21-19(22)13-20-16-11-14(2)10-15(3)12-16/h4-8,10-12,20H,1,9,13H2,2-3H3,(H,21,22). The average Bonchev–Trinajstić information content (AvgIpc) is 2.51. The predicted octanol–water partition coefficient (Wildman–Crippen LogP) is 3.92. The van der Waals surface area contributed by atoms with Crippen molar-refractivity contribution in [3.8, 4) is 5.75 Å². The van der Waals surface area contributed by atoms with Gasteiger partial charge in [-0.15, -0.1) is 0 Å². The maximum absolute atomic E-state index is 12.1. The number of aryl methyl sites for hydroxylation is 2. The molecule has 23 heavy (non-hydrogen) atoms. The van der Waals surface area contributed by atoms with Crippen LogP contribution in [0.1, 0.15) is 11.1 Å². The van der Waals surface area contributed by atoms with Crippen LogP contribution in [0.5, 0.6) is 5.75 Å². The van der Waals surface area contributed by atoms with Gasteiger partial charge in [0, 0.05) is 5.69 Å². The largest absolute Gasteiger partial charge is 0.487 e. The van der Waals surface area contributed by atoms with Gasteiger partial charge in [-0.1, -0.05) is 30.9 Å². The number of hydrogen-bond donors (Lipinski definition) is 2. The molecule has 0 aliphatic rings.